The predicted octanol–water partition coefficient (Wildman–Crippen LogP) is 2.65. The van der Waals surface area contributed by atoms with Crippen molar-refractivity contribution in [3.05, 3.63) is 52.4 Å². The van der Waals surface area contributed by atoms with Crippen LogP contribution in [0.15, 0.2) is 41.3 Å². The number of carbonyl (C=O) groups excluding carboxylic acids is 1. The van der Waals surface area contributed by atoms with Crippen LogP contribution in [0, 0.1) is 11.3 Å². The fourth-order valence-corrected chi connectivity index (χ4v) is 5.76. The van der Waals surface area contributed by atoms with E-state index in [4.69, 9.17) is 30.8 Å². The Labute approximate surface area is 234 Å². The fourth-order valence-electron chi connectivity index (χ4n) is 4.21. The molecule has 208 valence electrons. The first-order valence-corrected chi connectivity index (χ1v) is 14.0. The van der Waals surface area contributed by atoms with Crippen molar-refractivity contribution in [3.8, 4) is 34.4 Å². The Hall–Kier alpha value is -4.58. The molecule has 0 aliphatic heterocycles. The number of nitrogen functional groups attached to an aromatic ring is 2. The van der Waals surface area contributed by atoms with E-state index in [9.17, 15) is 18.5 Å². The van der Waals surface area contributed by atoms with E-state index >= 15 is 0 Å². The quantitative estimate of drug-likeness (QED) is 0.227. The lowest BCUT2D eigenvalue weighted by Crippen LogP contribution is -2.25. The largest absolute Gasteiger partial charge is 0.493 e. The van der Waals surface area contributed by atoms with Crippen molar-refractivity contribution >= 4 is 49.0 Å². The third-order valence-corrected chi connectivity index (χ3v) is 8.15. The maximum Gasteiger partial charge on any atom is 0.263 e. The number of carbonyl (C=O) groups is 1. The van der Waals surface area contributed by atoms with Crippen LogP contribution in [0.1, 0.15) is 20.8 Å². The number of benzene rings is 2. The van der Waals surface area contributed by atoms with Gasteiger partial charge < -0.3 is 31.0 Å². The van der Waals surface area contributed by atoms with Crippen LogP contribution in [-0.4, -0.2) is 47.2 Å². The van der Waals surface area contributed by atoms with Crippen molar-refractivity contribution in [2.75, 3.05) is 39.3 Å². The van der Waals surface area contributed by atoms with Gasteiger partial charge in [-0.25, -0.2) is 18.5 Å². The van der Waals surface area contributed by atoms with Gasteiger partial charge in [0.1, 0.15) is 27.2 Å². The van der Waals surface area contributed by atoms with Crippen LogP contribution in [0.5, 0.6) is 17.2 Å². The number of nitriles is 1. The van der Waals surface area contributed by atoms with E-state index in [1.165, 1.54) is 33.5 Å². The lowest BCUT2D eigenvalue weighted by atomic mass is 9.96. The number of amides is 1. The topological polar surface area (TPSA) is 206 Å². The minimum absolute atomic E-state index is 0.00440. The average Bonchev–Trinajstić information content (AvgIpc) is 3.26. The number of sulfonamides is 1. The number of nitrogens with zero attached hydrogens (tertiary/aromatic N) is 2. The van der Waals surface area contributed by atoms with E-state index in [0.717, 1.165) is 16.9 Å². The third-order valence-electron chi connectivity index (χ3n) is 6.13. The maximum absolute atomic E-state index is 13.1. The number of hydrogen-bond donors (Lipinski definition) is 4. The zero-order chi connectivity index (χ0) is 29.2. The third kappa shape index (κ3) is 5.30. The highest BCUT2D eigenvalue weighted by atomic mass is 32.2. The summed E-state index contributed by atoms with van der Waals surface area (Å²) in [7, 11) is 0.631. The van der Waals surface area contributed by atoms with Crippen molar-refractivity contribution in [3.63, 3.8) is 0 Å². The Kier molecular flexibility index (Phi) is 8.01. The molecule has 12 nitrogen and oxygen atoms in total. The molecule has 2 aromatic heterocycles. The normalized spacial score (nSPS) is 11.2. The molecular weight excluding hydrogens is 556 g/mol. The second-order valence-electron chi connectivity index (χ2n) is 8.49. The van der Waals surface area contributed by atoms with Crippen LogP contribution in [0.25, 0.3) is 21.3 Å². The van der Waals surface area contributed by atoms with Crippen LogP contribution in [0.4, 0.5) is 11.5 Å². The number of nitrogens with one attached hydrogen (secondary N) is 1. The van der Waals surface area contributed by atoms with Crippen molar-refractivity contribution in [1.82, 2.24) is 10.3 Å². The van der Waals surface area contributed by atoms with Gasteiger partial charge >= 0.3 is 0 Å². The molecule has 0 unspecified atom stereocenters. The molecule has 0 spiro atoms. The number of primary sulfonamides is 1. The molecule has 0 aliphatic carbocycles. The van der Waals surface area contributed by atoms with Crippen molar-refractivity contribution in [1.29, 1.82) is 5.26 Å². The van der Waals surface area contributed by atoms with Crippen molar-refractivity contribution in [2.45, 2.75) is 11.3 Å². The summed E-state index contributed by atoms with van der Waals surface area (Å²) < 4.78 is 39.2. The highest BCUT2D eigenvalue weighted by molar-refractivity contribution is 7.89. The Bertz CT molecular complexity index is 1740. The van der Waals surface area contributed by atoms with Crippen molar-refractivity contribution < 1.29 is 27.4 Å². The molecule has 0 saturated heterocycles. The molecule has 14 heteroatoms. The molecule has 0 aliphatic rings. The molecule has 2 heterocycles. The van der Waals surface area contributed by atoms with E-state index in [1.54, 1.807) is 24.3 Å². The number of hydrogen-bond acceptors (Lipinski definition) is 11. The summed E-state index contributed by atoms with van der Waals surface area (Å²) in [6.07, 6.45) is 0.432. The summed E-state index contributed by atoms with van der Waals surface area (Å²) in [5.41, 5.74) is 14.6. The molecule has 0 radical (unpaired) electrons. The Morgan fingerprint density at radius 1 is 1.07 bits per heavy atom. The second kappa shape index (κ2) is 11.3. The van der Waals surface area contributed by atoms with Gasteiger partial charge in [0.05, 0.1) is 31.9 Å². The van der Waals surface area contributed by atoms with Gasteiger partial charge in [-0.15, -0.1) is 11.3 Å². The molecule has 1 amide bonds. The number of methoxy groups -OCH3 is 3. The molecule has 0 saturated carbocycles. The fraction of sp³-hybridized carbons (Fsp3) is 0.192. The number of aromatic nitrogens is 1. The summed E-state index contributed by atoms with van der Waals surface area (Å²) in [4.78, 5) is 18.0. The highest BCUT2D eigenvalue weighted by Gasteiger charge is 2.26. The minimum Gasteiger partial charge on any atom is -0.493 e. The van der Waals surface area contributed by atoms with Gasteiger partial charge in [0.2, 0.25) is 15.8 Å². The van der Waals surface area contributed by atoms with Crippen LogP contribution in [0.2, 0.25) is 0 Å². The van der Waals surface area contributed by atoms with Gasteiger partial charge in [-0.2, -0.15) is 5.26 Å². The first-order chi connectivity index (χ1) is 19.0. The summed E-state index contributed by atoms with van der Waals surface area (Å²) >= 11 is 1.05. The van der Waals surface area contributed by atoms with Crippen LogP contribution in [0.3, 0.4) is 0 Å². The number of rotatable bonds is 9. The van der Waals surface area contributed by atoms with Gasteiger partial charge in [-0.3, -0.25) is 4.79 Å². The number of fused-ring (bicyclic) bond motifs is 1. The number of nitrogens with two attached hydrogens (primary N) is 3. The zero-order valence-corrected chi connectivity index (χ0v) is 23.4. The summed E-state index contributed by atoms with van der Waals surface area (Å²) in [5, 5.41) is 18.3. The molecule has 0 fully saturated rings. The zero-order valence-electron chi connectivity index (χ0n) is 21.8. The number of anilines is 2. The minimum atomic E-state index is -3.79. The predicted molar refractivity (Wildman–Crippen MR) is 152 cm³/mol. The summed E-state index contributed by atoms with van der Waals surface area (Å²) in [6.45, 7) is 0.250. The Balaban J connectivity index is 1.71. The summed E-state index contributed by atoms with van der Waals surface area (Å²) in [5.74, 6) is 0.619. The standard InChI is InChI=1S/C26H26N6O6S2/c1-36-17-10-14(11-18(37-2)22(17)38-3)19-16(12-27)24(29)32-26-20(19)21(28)23(39-26)25(33)31-9-8-13-4-6-15(7-5-13)40(30,34)35/h4-7,10-11H,8-9,28H2,1-3H3,(H2,29,32)(H,31,33)(H2,30,34,35). The lowest BCUT2D eigenvalue weighted by molar-refractivity contribution is 0.0959. The van der Waals surface area contributed by atoms with Gasteiger partial charge in [0.15, 0.2) is 11.5 Å². The van der Waals surface area contributed by atoms with Gasteiger partial charge in [0, 0.05) is 17.5 Å². The first-order valence-electron chi connectivity index (χ1n) is 11.7. The second-order valence-corrected chi connectivity index (χ2v) is 11.1. The maximum atomic E-state index is 13.1. The van der Waals surface area contributed by atoms with Crippen LogP contribution >= 0.6 is 11.3 Å². The van der Waals surface area contributed by atoms with E-state index in [0.29, 0.717) is 45.0 Å². The molecular formula is C26H26N6O6S2. The molecule has 4 rings (SSSR count). The van der Waals surface area contributed by atoms with E-state index in [2.05, 4.69) is 16.4 Å². The summed E-state index contributed by atoms with van der Waals surface area (Å²) in [6, 6.07) is 11.5. The van der Waals surface area contributed by atoms with Crippen LogP contribution in [-0.2, 0) is 16.4 Å². The Morgan fingerprint density at radius 3 is 2.23 bits per heavy atom. The molecule has 40 heavy (non-hydrogen) atoms. The molecule has 7 N–H and O–H groups in total. The number of thiophene rings is 1. The molecule has 0 atom stereocenters. The lowest BCUT2D eigenvalue weighted by Gasteiger charge is -2.16. The van der Waals surface area contributed by atoms with E-state index in [1.807, 2.05) is 0 Å². The smallest absolute Gasteiger partial charge is 0.263 e. The molecule has 4 aromatic rings. The Morgan fingerprint density at radius 2 is 1.70 bits per heavy atom. The van der Waals surface area contributed by atoms with E-state index < -0.39 is 15.9 Å². The highest BCUT2D eigenvalue weighted by Crippen LogP contribution is 2.47. The van der Waals surface area contributed by atoms with Gasteiger partial charge in [-0.1, -0.05) is 12.1 Å². The monoisotopic (exact) mass is 582 g/mol. The first kappa shape index (κ1) is 28.4. The molecule has 0 bridgehead atoms. The number of ether oxygens (including phenoxy) is 3. The van der Waals surface area contributed by atoms with E-state index in [-0.39, 0.29) is 33.4 Å². The van der Waals surface area contributed by atoms with Gasteiger partial charge in [-0.05, 0) is 41.8 Å². The SMILES string of the molecule is COc1cc(-c2c(C#N)c(N)nc3sc(C(=O)NCCc4ccc(S(N)(=O)=O)cc4)c(N)c23)cc(OC)c1OC. The number of pyridine rings is 1. The average molecular weight is 583 g/mol. The van der Waals surface area contributed by atoms with Gasteiger partial charge in [0.25, 0.3) is 5.91 Å². The van der Waals surface area contributed by atoms with Crippen molar-refractivity contribution in [2.24, 2.45) is 5.14 Å². The van der Waals surface area contributed by atoms with Crippen LogP contribution < -0.4 is 36.1 Å². The molecule has 2 aromatic carbocycles.